The van der Waals surface area contributed by atoms with Crippen molar-refractivity contribution in [2.24, 2.45) is 11.8 Å². The Bertz CT molecular complexity index is 202. The summed E-state index contributed by atoms with van der Waals surface area (Å²) in [5.41, 5.74) is 0. The third-order valence-electron chi connectivity index (χ3n) is 2.72. The van der Waals surface area contributed by atoms with E-state index in [0.29, 0.717) is 17.9 Å². The number of carboxylic acids is 1. The average Bonchev–Trinajstić information content (AvgIpc) is 2.11. The van der Waals surface area contributed by atoms with Crippen molar-refractivity contribution in [1.29, 1.82) is 0 Å². The lowest BCUT2D eigenvalue weighted by molar-refractivity contribution is -0.139. The van der Waals surface area contributed by atoms with E-state index in [1.165, 1.54) is 0 Å². The van der Waals surface area contributed by atoms with Gasteiger partial charge in [0.2, 0.25) is 0 Å². The van der Waals surface area contributed by atoms with Gasteiger partial charge in [-0.3, -0.25) is 9.69 Å². The lowest BCUT2D eigenvalue weighted by atomic mass is 10.0. The molecule has 0 aromatic heterocycles. The molecule has 0 aliphatic carbocycles. The Balaban J connectivity index is 4.19. The van der Waals surface area contributed by atoms with E-state index in [1.54, 1.807) is 0 Å². The SMILES string of the molecule is CC(C)CCC(C)N(CC(=O)O)CC(C)C. The van der Waals surface area contributed by atoms with Crippen molar-refractivity contribution in [3.05, 3.63) is 0 Å². The van der Waals surface area contributed by atoms with Crippen LogP contribution in [0.4, 0.5) is 0 Å². The van der Waals surface area contributed by atoms with Crippen LogP contribution in [0, 0.1) is 11.8 Å². The van der Waals surface area contributed by atoms with Gasteiger partial charge in [-0.15, -0.1) is 0 Å². The summed E-state index contributed by atoms with van der Waals surface area (Å²) in [6.45, 7) is 11.8. The molecule has 0 saturated heterocycles. The van der Waals surface area contributed by atoms with Gasteiger partial charge in [0.1, 0.15) is 0 Å². The monoisotopic (exact) mass is 229 g/mol. The highest BCUT2D eigenvalue weighted by molar-refractivity contribution is 5.69. The van der Waals surface area contributed by atoms with E-state index < -0.39 is 5.97 Å². The third-order valence-corrected chi connectivity index (χ3v) is 2.72. The Kier molecular flexibility index (Phi) is 7.39. The highest BCUT2D eigenvalue weighted by atomic mass is 16.4. The van der Waals surface area contributed by atoms with Gasteiger partial charge < -0.3 is 5.11 Å². The quantitative estimate of drug-likeness (QED) is 0.695. The first-order valence-electron chi connectivity index (χ1n) is 6.28. The number of aliphatic carboxylic acids is 1. The first kappa shape index (κ1) is 15.4. The molecule has 0 aromatic rings. The molecule has 16 heavy (non-hydrogen) atoms. The van der Waals surface area contributed by atoms with Crippen molar-refractivity contribution in [1.82, 2.24) is 4.90 Å². The summed E-state index contributed by atoms with van der Waals surface area (Å²) in [7, 11) is 0. The number of carbonyl (C=O) groups is 1. The van der Waals surface area contributed by atoms with Crippen LogP contribution in [0.5, 0.6) is 0 Å². The van der Waals surface area contributed by atoms with Crippen molar-refractivity contribution < 1.29 is 9.90 Å². The topological polar surface area (TPSA) is 40.5 Å². The first-order valence-corrected chi connectivity index (χ1v) is 6.28. The van der Waals surface area contributed by atoms with E-state index in [1.807, 2.05) is 0 Å². The fourth-order valence-corrected chi connectivity index (χ4v) is 1.80. The number of hydrogen-bond donors (Lipinski definition) is 1. The lowest BCUT2D eigenvalue weighted by Crippen LogP contribution is -2.39. The zero-order valence-corrected chi connectivity index (χ0v) is 11.4. The van der Waals surface area contributed by atoms with Gasteiger partial charge in [0, 0.05) is 12.6 Å². The van der Waals surface area contributed by atoms with Crippen LogP contribution in [0.1, 0.15) is 47.5 Å². The molecule has 0 aliphatic heterocycles. The summed E-state index contributed by atoms with van der Waals surface area (Å²) in [5, 5.41) is 8.88. The van der Waals surface area contributed by atoms with Crippen LogP contribution in [-0.2, 0) is 4.79 Å². The lowest BCUT2D eigenvalue weighted by Gasteiger charge is -2.29. The van der Waals surface area contributed by atoms with Crippen molar-refractivity contribution in [3.8, 4) is 0 Å². The molecule has 0 rings (SSSR count). The van der Waals surface area contributed by atoms with Crippen molar-refractivity contribution >= 4 is 5.97 Å². The summed E-state index contributed by atoms with van der Waals surface area (Å²) in [5.74, 6) is 0.478. The largest absolute Gasteiger partial charge is 0.480 e. The number of hydrogen-bond acceptors (Lipinski definition) is 2. The molecule has 0 heterocycles. The van der Waals surface area contributed by atoms with E-state index in [2.05, 4.69) is 39.5 Å². The minimum atomic E-state index is -0.725. The van der Waals surface area contributed by atoms with Crippen molar-refractivity contribution in [2.45, 2.75) is 53.5 Å². The number of rotatable bonds is 8. The maximum Gasteiger partial charge on any atom is 0.317 e. The summed E-state index contributed by atoms with van der Waals surface area (Å²) in [6.07, 6.45) is 2.24. The predicted octanol–water partition coefficient (Wildman–Crippen LogP) is 2.85. The third kappa shape index (κ3) is 7.69. The number of nitrogens with zero attached hydrogens (tertiary/aromatic N) is 1. The Labute approximate surface area is 99.8 Å². The Hall–Kier alpha value is -0.570. The van der Waals surface area contributed by atoms with Gasteiger partial charge in [0.25, 0.3) is 0 Å². The fraction of sp³-hybridized carbons (Fsp3) is 0.923. The normalized spacial score (nSPS) is 13.8. The standard InChI is InChI=1S/C13H27NO2/c1-10(2)6-7-12(5)14(8-11(3)4)9-13(15)16/h10-12H,6-9H2,1-5H3,(H,15,16). The Morgan fingerprint density at radius 1 is 1.06 bits per heavy atom. The molecular weight excluding hydrogens is 202 g/mol. The molecule has 1 unspecified atom stereocenters. The molecule has 0 aliphatic rings. The van der Waals surface area contributed by atoms with Gasteiger partial charge >= 0.3 is 5.97 Å². The molecular formula is C13H27NO2. The molecule has 0 aromatic carbocycles. The van der Waals surface area contributed by atoms with Gasteiger partial charge in [0.05, 0.1) is 6.54 Å². The molecule has 1 atom stereocenters. The molecule has 0 fully saturated rings. The van der Waals surface area contributed by atoms with Crippen LogP contribution in [0.25, 0.3) is 0 Å². The van der Waals surface area contributed by atoms with E-state index in [9.17, 15) is 4.79 Å². The van der Waals surface area contributed by atoms with Crippen LogP contribution in [-0.4, -0.2) is 35.1 Å². The molecule has 96 valence electrons. The van der Waals surface area contributed by atoms with Crippen LogP contribution < -0.4 is 0 Å². The minimum absolute atomic E-state index is 0.164. The smallest absolute Gasteiger partial charge is 0.317 e. The zero-order chi connectivity index (χ0) is 12.7. The highest BCUT2D eigenvalue weighted by Crippen LogP contribution is 2.13. The molecule has 1 N–H and O–H groups in total. The fourth-order valence-electron chi connectivity index (χ4n) is 1.80. The molecule has 0 radical (unpaired) electrons. The summed E-state index contributed by atoms with van der Waals surface area (Å²) in [6, 6.07) is 0.362. The van der Waals surface area contributed by atoms with E-state index >= 15 is 0 Å². The number of carboxylic acid groups (broad SMARTS) is 1. The second kappa shape index (κ2) is 7.66. The second-order valence-electron chi connectivity index (χ2n) is 5.54. The van der Waals surface area contributed by atoms with Crippen LogP contribution in [0.15, 0.2) is 0 Å². The maximum atomic E-state index is 10.8. The maximum absolute atomic E-state index is 10.8. The van der Waals surface area contributed by atoms with Gasteiger partial charge in [-0.25, -0.2) is 0 Å². The predicted molar refractivity (Wildman–Crippen MR) is 67.6 cm³/mol. The van der Waals surface area contributed by atoms with Crippen LogP contribution in [0.3, 0.4) is 0 Å². The highest BCUT2D eigenvalue weighted by Gasteiger charge is 2.17. The van der Waals surface area contributed by atoms with Crippen molar-refractivity contribution in [3.63, 3.8) is 0 Å². The van der Waals surface area contributed by atoms with Gasteiger partial charge in [-0.1, -0.05) is 27.7 Å². The van der Waals surface area contributed by atoms with Gasteiger partial charge in [-0.2, -0.15) is 0 Å². The molecule has 3 heteroatoms. The molecule has 0 saturated carbocycles. The minimum Gasteiger partial charge on any atom is -0.480 e. The van der Waals surface area contributed by atoms with E-state index in [0.717, 1.165) is 19.4 Å². The molecule has 0 spiro atoms. The Morgan fingerprint density at radius 3 is 2.00 bits per heavy atom. The van der Waals surface area contributed by atoms with Gasteiger partial charge in [-0.05, 0) is 31.6 Å². The van der Waals surface area contributed by atoms with Crippen LogP contribution in [0.2, 0.25) is 0 Å². The molecule has 3 nitrogen and oxygen atoms in total. The first-order chi connectivity index (χ1) is 7.32. The van der Waals surface area contributed by atoms with E-state index in [-0.39, 0.29) is 6.54 Å². The van der Waals surface area contributed by atoms with Crippen molar-refractivity contribution in [2.75, 3.05) is 13.1 Å². The molecule has 0 amide bonds. The van der Waals surface area contributed by atoms with E-state index in [4.69, 9.17) is 5.11 Å². The summed E-state index contributed by atoms with van der Waals surface area (Å²) < 4.78 is 0. The summed E-state index contributed by atoms with van der Waals surface area (Å²) in [4.78, 5) is 12.9. The second-order valence-corrected chi connectivity index (χ2v) is 5.54. The Morgan fingerprint density at radius 2 is 1.62 bits per heavy atom. The summed E-state index contributed by atoms with van der Waals surface area (Å²) >= 11 is 0. The van der Waals surface area contributed by atoms with Crippen LogP contribution >= 0.6 is 0 Å². The average molecular weight is 229 g/mol. The van der Waals surface area contributed by atoms with Gasteiger partial charge in [0.15, 0.2) is 0 Å². The molecule has 0 bridgehead atoms. The zero-order valence-electron chi connectivity index (χ0n) is 11.4.